The fourth-order valence-electron chi connectivity index (χ4n) is 4.34. The molecular formula is C25H21N3O3. The van der Waals surface area contributed by atoms with Crippen molar-refractivity contribution in [1.29, 1.82) is 0 Å². The lowest BCUT2D eigenvalue weighted by atomic mass is 10.1. The van der Waals surface area contributed by atoms with Gasteiger partial charge in [-0.25, -0.2) is 9.78 Å². The smallest absolute Gasteiger partial charge is 0.449 e. The van der Waals surface area contributed by atoms with Crippen LogP contribution < -0.4 is 4.74 Å². The van der Waals surface area contributed by atoms with E-state index in [0.29, 0.717) is 12.1 Å². The highest BCUT2D eigenvalue weighted by Gasteiger charge is 2.16. The van der Waals surface area contributed by atoms with Crippen LogP contribution in [-0.4, -0.2) is 25.4 Å². The van der Waals surface area contributed by atoms with Gasteiger partial charge >= 0.3 is 6.16 Å². The minimum absolute atomic E-state index is 0.247. The molecule has 2 aromatic heterocycles. The van der Waals surface area contributed by atoms with Crippen molar-refractivity contribution in [3.8, 4) is 17.1 Å². The van der Waals surface area contributed by atoms with Gasteiger partial charge in [0.05, 0.1) is 11.0 Å². The highest BCUT2D eigenvalue weighted by molar-refractivity contribution is 6.09. The monoisotopic (exact) mass is 411 g/mol. The number of aromatic nitrogens is 3. The first-order valence-electron chi connectivity index (χ1n) is 10.1. The maximum atomic E-state index is 10.9. The summed E-state index contributed by atoms with van der Waals surface area (Å²) in [4.78, 5) is 15.7. The summed E-state index contributed by atoms with van der Waals surface area (Å²) in [5.41, 5.74) is 4.96. The normalized spacial score (nSPS) is 11.4. The number of hydrogen-bond acceptors (Lipinski definition) is 3. The van der Waals surface area contributed by atoms with E-state index in [9.17, 15) is 4.79 Å². The van der Waals surface area contributed by atoms with Crippen LogP contribution in [0, 0.1) is 0 Å². The molecule has 6 heteroatoms. The van der Waals surface area contributed by atoms with Gasteiger partial charge in [0.25, 0.3) is 0 Å². The number of rotatable bonds is 5. The van der Waals surface area contributed by atoms with E-state index in [1.165, 1.54) is 21.8 Å². The Labute approximate surface area is 178 Å². The van der Waals surface area contributed by atoms with Crippen LogP contribution in [0.2, 0.25) is 0 Å². The lowest BCUT2D eigenvalue weighted by Crippen LogP contribution is -2.02. The molecule has 0 fully saturated rings. The van der Waals surface area contributed by atoms with Gasteiger partial charge in [-0.2, -0.15) is 0 Å². The fourth-order valence-corrected chi connectivity index (χ4v) is 4.34. The summed E-state index contributed by atoms with van der Waals surface area (Å²) in [6.07, 6.45) is 0.483. The maximum absolute atomic E-state index is 10.9. The molecule has 0 aliphatic rings. The Morgan fingerprint density at radius 2 is 1.81 bits per heavy atom. The lowest BCUT2D eigenvalue weighted by molar-refractivity contribution is 0.144. The Balaban J connectivity index is 1.74. The van der Waals surface area contributed by atoms with Crippen LogP contribution in [-0.2, 0) is 13.1 Å². The number of imidazole rings is 1. The van der Waals surface area contributed by atoms with E-state index in [1.54, 1.807) is 12.1 Å². The predicted molar refractivity (Wildman–Crippen MR) is 123 cm³/mol. The largest absolute Gasteiger partial charge is 0.511 e. The SMILES string of the molecule is C=CCn1c(-c2ccc3c(c2)c2ccccc2n3CC)nc2cc(OC(=O)O)ccc21. The van der Waals surface area contributed by atoms with Crippen molar-refractivity contribution in [2.45, 2.75) is 20.0 Å². The number of fused-ring (bicyclic) bond motifs is 4. The minimum atomic E-state index is -1.34. The zero-order valence-electron chi connectivity index (χ0n) is 17.1. The van der Waals surface area contributed by atoms with Crippen molar-refractivity contribution in [2.75, 3.05) is 0 Å². The Morgan fingerprint density at radius 3 is 2.58 bits per heavy atom. The van der Waals surface area contributed by atoms with Crippen molar-refractivity contribution in [1.82, 2.24) is 14.1 Å². The van der Waals surface area contributed by atoms with Crippen molar-refractivity contribution < 1.29 is 14.6 Å². The van der Waals surface area contributed by atoms with Crippen LogP contribution in [0.25, 0.3) is 44.2 Å². The number of benzene rings is 3. The second kappa shape index (κ2) is 7.32. The van der Waals surface area contributed by atoms with Gasteiger partial charge in [0.2, 0.25) is 0 Å². The molecule has 3 aromatic carbocycles. The number of hydrogen-bond donors (Lipinski definition) is 1. The number of carboxylic acid groups (broad SMARTS) is 1. The average Bonchev–Trinajstić information content (AvgIpc) is 3.28. The molecule has 0 radical (unpaired) electrons. The van der Waals surface area contributed by atoms with E-state index < -0.39 is 6.16 Å². The minimum Gasteiger partial charge on any atom is -0.449 e. The number of nitrogens with zero attached hydrogens (tertiary/aromatic N) is 3. The van der Waals surface area contributed by atoms with Crippen LogP contribution >= 0.6 is 0 Å². The number of aryl methyl sites for hydroxylation is 1. The fraction of sp³-hybridized carbons (Fsp3) is 0.120. The van der Waals surface area contributed by atoms with E-state index in [4.69, 9.17) is 14.8 Å². The molecule has 5 rings (SSSR count). The molecule has 154 valence electrons. The van der Waals surface area contributed by atoms with Crippen LogP contribution in [0.4, 0.5) is 4.79 Å². The Morgan fingerprint density at radius 1 is 1.03 bits per heavy atom. The van der Waals surface area contributed by atoms with Crippen LogP contribution in [0.15, 0.2) is 73.3 Å². The average molecular weight is 411 g/mol. The van der Waals surface area contributed by atoms with Gasteiger partial charge in [-0.1, -0.05) is 24.3 Å². The molecule has 2 heterocycles. The van der Waals surface area contributed by atoms with E-state index >= 15 is 0 Å². The van der Waals surface area contributed by atoms with Gasteiger partial charge in [0.1, 0.15) is 11.6 Å². The number of para-hydroxylation sites is 1. The van der Waals surface area contributed by atoms with Crippen molar-refractivity contribution in [3.05, 3.63) is 73.3 Å². The van der Waals surface area contributed by atoms with Crippen molar-refractivity contribution in [3.63, 3.8) is 0 Å². The number of ether oxygens (including phenoxy) is 1. The predicted octanol–water partition coefficient (Wildman–Crippen LogP) is 6.07. The molecule has 0 atom stereocenters. The summed E-state index contributed by atoms with van der Waals surface area (Å²) < 4.78 is 9.20. The summed E-state index contributed by atoms with van der Waals surface area (Å²) in [6, 6.07) is 19.9. The van der Waals surface area contributed by atoms with Gasteiger partial charge in [0, 0.05) is 46.5 Å². The first-order valence-corrected chi connectivity index (χ1v) is 10.1. The second-order valence-corrected chi connectivity index (χ2v) is 7.35. The highest BCUT2D eigenvalue weighted by atomic mass is 16.7. The second-order valence-electron chi connectivity index (χ2n) is 7.35. The number of allylic oxidation sites excluding steroid dienone is 1. The maximum Gasteiger partial charge on any atom is 0.511 e. The van der Waals surface area contributed by atoms with Gasteiger partial charge in [-0.15, -0.1) is 6.58 Å². The van der Waals surface area contributed by atoms with E-state index in [-0.39, 0.29) is 5.75 Å². The zero-order chi connectivity index (χ0) is 21.5. The molecule has 0 saturated heterocycles. The van der Waals surface area contributed by atoms with Crippen LogP contribution in [0.5, 0.6) is 5.75 Å². The Hall–Kier alpha value is -4.06. The molecule has 5 aromatic rings. The highest BCUT2D eigenvalue weighted by Crippen LogP contribution is 2.34. The first kappa shape index (κ1) is 18.9. The molecule has 6 nitrogen and oxygen atoms in total. The summed E-state index contributed by atoms with van der Waals surface area (Å²) >= 11 is 0. The first-order chi connectivity index (χ1) is 15.1. The molecule has 1 N–H and O–H groups in total. The molecule has 0 unspecified atom stereocenters. The quantitative estimate of drug-likeness (QED) is 0.216. The summed E-state index contributed by atoms with van der Waals surface area (Å²) in [5, 5.41) is 11.3. The molecular weight excluding hydrogens is 390 g/mol. The molecule has 0 saturated carbocycles. The summed E-state index contributed by atoms with van der Waals surface area (Å²) in [5.74, 6) is 1.05. The van der Waals surface area contributed by atoms with Crippen molar-refractivity contribution >= 4 is 39.0 Å². The van der Waals surface area contributed by atoms with E-state index in [1.807, 2.05) is 12.1 Å². The third-order valence-electron chi connectivity index (χ3n) is 5.58. The van der Waals surface area contributed by atoms with Gasteiger partial charge in [0.15, 0.2) is 0 Å². The lowest BCUT2D eigenvalue weighted by Gasteiger charge is -2.08. The topological polar surface area (TPSA) is 69.3 Å². The van der Waals surface area contributed by atoms with Crippen LogP contribution in [0.1, 0.15) is 6.92 Å². The van der Waals surface area contributed by atoms with Crippen molar-refractivity contribution in [2.24, 2.45) is 0 Å². The summed E-state index contributed by atoms with van der Waals surface area (Å²) in [6.45, 7) is 7.51. The Bertz CT molecular complexity index is 1480. The molecule has 0 aliphatic carbocycles. The van der Waals surface area contributed by atoms with E-state index in [0.717, 1.165) is 23.4 Å². The third kappa shape index (κ3) is 3.04. The van der Waals surface area contributed by atoms with Crippen LogP contribution in [0.3, 0.4) is 0 Å². The zero-order valence-corrected chi connectivity index (χ0v) is 17.1. The third-order valence-corrected chi connectivity index (χ3v) is 5.58. The van der Waals surface area contributed by atoms with Gasteiger partial charge < -0.3 is 19.0 Å². The Kier molecular flexibility index (Phi) is 4.47. The molecule has 0 amide bonds. The van der Waals surface area contributed by atoms with Gasteiger partial charge in [-0.3, -0.25) is 0 Å². The number of carbonyl (C=O) groups is 1. The molecule has 0 aliphatic heterocycles. The summed E-state index contributed by atoms with van der Waals surface area (Å²) in [7, 11) is 0. The van der Waals surface area contributed by atoms with Gasteiger partial charge in [-0.05, 0) is 43.3 Å². The molecule has 0 spiro atoms. The molecule has 31 heavy (non-hydrogen) atoms. The standard InChI is InChI=1S/C25H21N3O3/c1-3-13-28-23-12-10-17(31-25(29)30)15-20(23)26-24(28)16-9-11-22-19(14-16)18-7-5-6-8-21(18)27(22)4-2/h3,5-12,14-15H,1,4,13H2,2H3,(H,29,30). The van der Waals surface area contributed by atoms with E-state index in [2.05, 4.69) is 65.1 Å². The molecule has 0 bridgehead atoms.